The molecule has 2 heterocycles. The van der Waals surface area contributed by atoms with E-state index >= 15 is 0 Å². The van der Waals surface area contributed by atoms with Crippen LogP contribution < -0.4 is 0 Å². The van der Waals surface area contributed by atoms with E-state index in [1.54, 1.807) is 0 Å². The largest absolute Gasteiger partial charge is 0.212 e. The summed E-state index contributed by atoms with van der Waals surface area (Å²) in [5.41, 5.74) is 0.962. The van der Waals surface area contributed by atoms with Crippen LogP contribution in [0.2, 0.25) is 0 Å². The van der Waals surface area contributed by atoms with Crippen molar-refractivity contribution in [1.82, 2.24) is 15.0 Å². The molecule has 0 bridgehead atoms. The van der Waals surface area contributed by atoms with E-state index in [1.165, 1.54) is 20.2 Å². The first-order valence-electron chi connectivity index (χ1n) is 8.68. The number of hydrogen-bond donors (Lipinski definition) is 1. The van der Waals surface area contributed by atoms with Gasteiger partial charge in [-0.3, -0.25) is 0 Å². The first-order chi connectivity index (χ1) is 12.3. The molecule has 0 aliphatic carbocycles. The minimum absolute atomic E-state index is 0.100. The Morgan fingerprint density at radius 1 is 0.846 bits per heavy atom. The molecule has 0 aliphatic heterocycles. The number of hydrogen-bond acceptors (Lipinski definition) is 4. The van der Waals surface area contributed by atoms with E-state index in [4.69, 9.17) is 15.0 Å². The smallest absolute Gasteiger partial charge is 0.170 e. The van der Waals surface area contributed by atoms with Gasteiger partial charge in [-0.25, -0.2) is 15.0 Å². The predicted molar refractivity (Wildman–Crippen MR) is 116 cm³/mol. The minimum atomic E-state index is -0.379. The van der Waals surface area contributed by atoms with Crippen molar-refractivity contribution in [2.75, 3.05) is 12.5 Å². The molecular formula is C21H23N3S2. The van der Waals surface area contributed by atoms with E-state index < -0.39 is 0 Å². The molecular weight excluding hydrogens is 358 g/mol. The fourth-order valence-electron chi connectivity index (χ4n) is 2.89. The van der Waals surface area contributed by atoms with Crippen LogP contribution in [0.15, 0.2) is 47.6 Å². The SMILES string of the molecule is C[SH](C)c1nc(-c2ccc3sc4ccccc4c3c2)nc(C(C)(C)C)n1. The lowest BCUT2D eigenvalue weighted by Crippen LogP contribution is -2.18. The highest BCUT2D eigenvalue weighted by molar-refractivity contribution is 8.15. The molecule has 0 spiro atoms. The first-order valence-corrected chi connectivity index (χ1v) is 11.7. The van der Waals surface area contributed by atoms with Crippen LogP contribution in [-0.4, -0.2) is 27.5 Å². The number of fused-ring (bicyclic) bond motifs is 3. The molecule has 0 radical (unpaired) electrons. The van der Waals surface area contributed by atoms with Crippen LogP contribution in [0.1, 0.15) is 26.6 Å². The van der Waals surface area contributed by atoms with E-state index in [0.29, 0.717) is 0 Å². The van der Waals surface area contributed by atoms with Gasteiger partial charge in [-0.15, -0.1) is 11.3 Å². The minimum Gasteiger partial charge on any atom is -0.212 e. The van der Waals surface area contributed by atoms with Crippen molar-refractivity contribution in [3.05, 3.63) is 48.3 Å². The third kappa shape index (κ3) is 3.10. The number of nitrogens with zero attached hydrogens (tertiary/aromatic N) is 3. The molecule has 2 aromatic heterocycles. The maximum atomic E-state index is 4.82. The van der Waals surface area contributed by atoms with Crippen molar-refractivity contribution in [1.29, 1.82) is 0 Å². The highest BCUT2D eigenvalue weighted by Gasteiger charge is 2.21. The average molecular weight is 382 g/mol. The van der Waals surface area contributed by atoms with Crippen molar-refractivity contribution in [3.8, 4) is 11.4 Å². The molecule has 134 valence electrons. The molecule has 0 aliphatic rings. The number of thiophene rings is 1. The highest BCUT2D eigenvalue weighted by Crippen LogP contribution is 2.36. The molecule has 4 aromatic rings. The molecule has 0 saturated carbocycles. The molecule has 0 amide bonds. The van der Waals surface area contributed by atoms with Gasteiger partial charge >= 0.3 is 0 Å². The van der Waals surface area contributed by atoms with E-state index in [2.05, 4.69) is 75.7 Å². The lowest BCUT2D eigenvalue weighted by Gasteiger charge is -2.19. The van der Waals surface area contributed by atoms with Crippen LogP contribution in [0.3, 0.4) is 0 Å². The van der Waals surface area contributed by atoms with Crippen LogP contribution in [0, 0.1) is 0 Å². The van der Waals surface area contributed by atoms with Crippen molar-refractivity contribution in [2.45, 2.75) is 31.3 Å². The van der Waals surface area contributed by atoms with Crippen LogP contribution in [-0.2, 0) is 5.41 Å². The molecule has 0 unspecified atom stereocenters. The molecule has 0 fully saturated rings. The lowest BCUT2D eigenvalue weighted by molar-refractivity contribution is 0.532. The second-order valence-corrected chi connectivity index (χ2v) is 11.0. The zero-order valence-electron chi connectivity index (χ0n) is 15.7. The Labute approximate surface area is 160 Å². The molecule has 4 rings (SSSR count). The maximum Gasteiger partial charge on any atom is 0.170 e. The molecule has 2 aromatic carbocycles. The van der Waals surface area contributed by atoms with Gasteiger partial charge in [0.2, 0.25) is 0 Å². The van der Waals surface area contributed by atoms with Gasteiger partial charge in [0, 0.05) is 31.2 Å². The van der Waals surface area contributed by atoms with Gasteiger partial charge in [-0.2, -0.15) is 10.9 Å². The molecule has 26 heavy (non-hydrogen) atoms. The zero-order valence-corrected chi connectivity index (χ0v) is 17.4. The Hall–Kier alpha value is -1.98. The maximum absolute atomic E-state index is 4.82. The zero-order chi connectivity index (χ0) is 18.5. The van der Waals surface area contributed by atoms with Gasteiger partial charge in [0.25, 0.3) is 0 Å². The number of benzene rings is 2. The second kappa shape index (κ2) is 6.32. The average Bonchev–Trinajstić information content (AvgIpc) is 2.98. The standard InChI is InChI=1S/C21H23N3S2/c1-21(2,3)19-22-18(23-20(24-19)26(4)5)13-10-11-17-15(12-13)14-8-6-7-9-16(14)25-17/h6-12,26H,1-5H3. The van der Waals surface area contributed by atoms with E-state index in [0.717, 1.165) is 22.4 Å². The molecule has 0 atom stereocenters. The van der Waals surface area contributed by atoms with E-state index in [9.17, 15) is 0 Å². The van der Waals surface area contributed by atoms with Crippen LogP contribution >= 0.6 is 22.2 Å². The van der Waals surface area contributed by atoms with Crippen molar-refractivity contribution in [2.24, 2.45) is 0 Å². The topological polar surface area (TPSA) is 38.7 Å². The molecule has 5 heteroatoms. The van der Waals surface area contributed by atoms with Crippen molar-refractivity contribution < 1.29 is 0 Å². The predicted octanol–water partition coefficient (Wildman–Crippen LogP) is 5.82. The second-order valence-electron chi connectivity index (χ2n) is 7.74. The third-order valence-electron chi connectivity index (χ3n) is 4.33. The monoisotopic (exact) mass is 381 g/mol. The Morgan fingerprint density at radius 3 is 2.31 bits per heavy atom. The summed E-state index contributed by atoms with van der Waals surface area (Å²) >= 11 is 1.83. The van der Waals surface area contributed by atoms with Crippen LogP contribution in [0.5, 0.6) is 0 Å². The van der Waals surface area contributed by atoms with Gasteiger partial charge < -0.3 is 0 Å². The van der Waals surface area contributed by atoms with Gasteiger partial charge in [-0.1, -0.05) is 39.0 Å². The van der Waals surface area contributed by atoms with Crippen LogP contribution in [0.4, 0.5) is 0 Å². The number of aromatic nitrogens is 3. The summed E-state index contributed by atoms with van der Waals surface area (Å²) in [5, 5.41) is 3.50. The lowest BCUT2D eigenvalue weighted by atomic mass is 9.96. The molecule has 0 N–H and O–H groups in total. The summed E-state index contributed by atoms with van der Waals surface area (Å²) in [4.78, 5) is 14.4. The summed E-state index contributed by atoms with van der Waals surface area (Å²) in [7, 11) is -0.379. The molecule has 3 nitrogen and oxygen atoms in total. The summed E-state index contributed by atoms with van der Waals surface area (Å²) in [6.45, 7) is 6.46. The van der Waals surface area contributed by atoms with Gasteiger partial charge in [0.1, 0.15) is 5.82 Å². The normalized spacial score (nSPS) is 12.7. The summed E-state index contributed by atoms with van der Waals surface area (Å²) in [6.07, 6.45) is 4.38. The summed E-state index contributed by atoms with van der Waals surface area (Å²) in [5.74, 6) is 1.65. The van der Waals surface area contributed by atoms with Gasteiger partial charge in [0.05, 0.1) is 0 Å². The Morgan fingerprint density at radius 2 is 1.58 bits per heavy atom. The van der Waals surface area contributed by atoms with Crippen molar-refractivity contribution >= 4 is 42.4 Å². The summed E-state index contributed by atoms with van der Waals surface area (Å²) in [6, 6.07) is 15.1. The van der Waals surface area contributed by atoms with Gasteiger partial charge in [0.15, 0.2) is 11.0 Å². The Kier molecular flexibility index (Phi) is 4.24. The Balaban J connectivity index is 1.94. The first kappa shape index (κ1) is 17.4. The van der Waals surface area contributed by atoms with Crippen LogP contribution in [0.25, 0.3) is 31.6 Å². The third-order valence-corrected chi connectivity index (χ3v) is 6.48. The van der Waals surface area contributed by atoms with Gasteiger partial charge in [-0.05, 0) is 36.8 Å². The summed E-state index contributed by atoms with van der Waals surface area (Å²) < 4.78 is 2.62. The number of rotatable bonds is 2. The number of thiol groups is 1. The quantitative estimate of drug-likeness (QED) is 0.444. The fraction of sp³-hybridized carbons (Fsp3) is 0.286. The highest BCUT2D eigenvalue weighted by atomic mass is 32.2. The van der Waals surface area contributed by atoms with E-state index in [-0.39, 0.29) is 16.3 Å². The Bertz CT molecular complexity index is 1110. The fourth-order valence-corrected chi connectivity index (χ4v) is 4.57. The molecule has 0 saturated heterocycles. The van der Waals surface area contributed by atoms with Crippen molar-refractivity contribution in [3.63, 3.8) is 0 Å². The van der Waals surface area contributed by atoms with E-state index in [1.807, 2.05) is 11.3 Å².